The van der Waals surface area contributed by atoms with Gasteiger partial charge in [0.2, 0.25) is 0 Å². The smallest absolute Gasteiger partial charge is 0.192 e. The van der Waals surface area contributed by atoms with Gasteiger partial charge in [-0.25, -0.2) is 4.98 Å². The lowest BCUT2D eigenvalue weighted by Gasteiger charge is -2.27. The minimum absolute atomic E-state index is 0.352. The van der Waals surface area contributed by atoms with Crippen molar-refractivity contribution in [3.63, 3.8) is 0 Å². The zero-order valence-electron chi connectivity index (χ0n) is 14.1. The molecule has 0 atom stereocenters. The van der Waals surface area contributed by atoms with Gasteiger partial charge in [-0.1, -0.05) is 67.1 Å². The first-order valence-electron chi connectivity index (χ1n) is 8.85. The summed E-state index contributed by atoms with van der Waals surface area (Å²) < 4.78 is 0. The molecule has 0 aliphatic heterocycles. The molecule has 0 fully saturated rings. The van der Waals surface area contributed by atoms with Crippen LogP contribution in [0.15, 0.2) is 60.7 Å². The standard InChI is InChI=1S/C21H21N3O/c25-21(16-10-4-1-5-11-16,17-12-6-2-7-13-17)20-22-18-14-8-3-9-15-19(18)23-24-20/h1-2,4-7,10-13,25H,3,8-9,14-15H2. The fraction of sp³-hybridized carbons (Fsp3) is 0.286. The van der Waals surface area contributed by atoms with Crippen LogP contribution in [0.4, 0.5) is 0 Å². The van der Waals surface area contributed by atoms with E-state index in [2.05, 4.69) is 10.2 Å². The molecule has 2 aromatic carbocycles. The predicted octanol–water partition coefficient (Wildman–Crippen LogP) is 3.42. The zero-order chi connectivity index (χ0) is 17.1. The molecule has 4 nitrogen and oxygen atoms in total. The van der Waals surface area contributed by atoms with Crippen LogP contribution in [0.3, 0.4) is 0 Å². The molecule has 3 aromatic rings. The molecule has 1 aliphatic rings. The summed E-state index contributed by atoms with van der Waals surface area (Å²) in [6, 6.07) is 19.2. The topological polar surface area (TPSA) is 58.9 Å². The number of aryl methyl sites for hydroxylation is 2. The Kier molecular flexibility index (Phi) is 4.28. The van der Waals surface area contributed by atoms with Crippen molar-refractivity contribution in [2.24, 2.45) is 0 Å². The predicted molar refractivity (Wildman–Crippen MR) is 96.1 cm³/mol. The Morgan fingerprint density at radius 2 is 1.24 bits per heavy atom. The Balaban J connectivity index is 1.89. The molecular formula is C21H21N3O. The number of hydrogen-bond acceptors (Lipinski definition) is 4. The lowest BCUT2D eigenvalue weighted by atomic mass is 9.85. The third-order valence-electron chi connectivity index (χ3n) is 4.87. The van der Waals surface area contributed by atoms with E-state index in [-0.39, 0.29) is 0 Å². The second-order valence-electron chi connectivity index (χ2n) is 6.53. The summed E-state index contributed by atoms with van der Waals surface area (Å²) in [6.07, 6.45) is 5.25. The average molecular weight is 331 g/mol. The van der Waals surface area contributed by atoms with E-state index in [1.54, 1.807) is 0 Å². The number of aliphatic hydroxyl groups is 1. The first-order chi connectivity index (χ1) is 12.3. The van der Waals surface area contributed by atoms with Crippen LogP contribution in [0.5, 0.6) is 0 Å². The van der Waals surface area contributed by atoms with Gasteiger partial charge in [0.25, 0.3) is 0 Å². The average Bonchev–Trinajstić information content (AvgIpc) is 2.93. The summed E-state index contributed by atoms with van der Waals surface area (Å²) in [5.41, 5.74) is 2.04. The highest BCUT2D eigenvalue weighted by molar-refractivity contribution is 5.42. The van der Waals surface area contributed by atoms with E-state index < -0.39 is 5.60 Å². The van der Waals surface area contributed by atoms with Gasteiger partial charge >= 0.3 is 0 Å². The molecular weight excluding hydrogens is 310 g/mol. The van der Waals surface area contributed by atoms with Crippen molar-refractivity contribution in [1.82, 2.24) is 15.2 Å². The Bertz CT molecular complexity index is 810. The Morgan fingerprint density at radius 3 is 1.84 bits per heavy atom. The van der Waals surface area contributed by atoms with E-state index in [1.807, 2.05) is 60.7 Å². The third-order valence-corrected chi connectivity index (χ3v) is 4.87. The van der Waals surface area contributed by atoms with E-state index >= 15 is 0 Å². The maximum atomic E-state index is 11.7. The fourth-order valence-corrected chi connectivity index (χ4v) is 3.47. The molecule has 0 radical (unpaired) electrons. The van der Waals surface area contributed by atoms with Crippen LogP contribution in [0.2, 0.25) is 0 Å². The van der Waals surface area contributed by atoms with Crippen LogP contribution in [0.25, 0.3) is 0 Å². The summed E-state index contributed by atoms with van der Waals surface area (Å²) in [7, 11) is 0. The van der Waals surface area contributed by atoms with Gasteiger partial charge < -0.3 is 5.11 Å². The van der Waals surface area contributed by atoms with Crippen LogP contribution in [-0.2, 0) is 18.4 Å². The summed E-state index contributed by atoms with van der Waals surface area (Å²) in [5, 5.41) is 20.5. The molecule has 1 aliphatic carbocycles. The number of rotatable bonds is 3. The Labute approximate surface area is 147 Å². The van der Waals surface area contributed by atoms with Gasteiger partial charge in [-0.05, 0) is 36.8 Å². The van der Waals surface area contributed by atoms with E-state index in [4.69, 9.17) is 4.98 Å². The fourth-order valence-electron chi connectivity index (χ4n) is 3.47. The molecule has 1 N–H and O–H groups in total. The molecule has 0 spiro atoms. The molecule has 4 heteroatoms. The first kappa shape index (κ1) is 15.9. The van der Waals surface area contributed by atoms with Crippen LogP contribution < -0.4 is 0 Å². The van der Waals surface area contributed by atoms with Crippen molar-refractivity contribution < 1.29 is 5.11 Å². The molecule has 0 amide bonds. The molecule has 0 saturated carbocycles. The normalized spacial score (nSPS) is 14.6. The lowest BCUT2D eigenvalue weighted by molar-refractivity contribution is 0.113. The van der Waals surface area contributed by atoms with Crippen molar-refractivity contribution >= 4 is 0 Å². The van der Waals surface area contributed by atoms with Crippen LogP contribution >= 0.6 is 0 Å². The van der Waals surface area contributed by atoms with Gasteiger partial charge in [-0.15, -0.1) is 5.10 Å². The molecule has 0 unspecified atom stereocenters. The second kappa shape index (κ2) is 6.73. The molecule has 25 heavy (non-hydrogen) atoms. The maximum absolute atomic E-state index is 11.7. The minimum Gasteiger partial charge on any atom is -0.373 e. The van der Waals surface area contributed by atoms with E-state index in [0.717, 1.165) is 48.2 Å². The summed E-state index contributed by atoms with van der Waals surface area (Å²) in [6.45, 7) is 0. The Hall–Kier alpha value is -2.59. The number of nitrogens with zero attached hydrogens (tertiary/aromatic N) is 3. The van der Waals surface area contributed by atoms with Crippen molar-refractivity contribution in [1.29, 1.82) is 0 Å². The van der Waals surface area contributed by atoms with E-state index in [1.165, 1.54) is 6.42 Å². The van der Waals surface area contributed by atoms with Gasteiger partial charge in [0.05, 0.1) is 11.4 Å². The number of aromatic nitrogens is 3. The van der Waals surface area contributed by atoms with Gasteiger partial charge in [0, 0.05) is 0 Å². The van der Waals surface area contributed by atoms with Gasteiger partial charge in [-0.3, -0.25) is 0 Å². The minimum atomic E-state index is -1.41. The van der Waals surface area contributed by atoms with Gasteiger partial charge in [0.1, 0.15) is 0 Å². The SMILES string of the molecule is OC(c1ccccc1)(c1ccccc1)c1nnc2c(n1)CCCCC2. The molecule has 0 saturated heterocycles. The Morgan fingerprint density at radius 1 is 0.680 bits per heavy atom. The number of benzene rings is 2. The van der Waals surface area contributed by atoms with Crippen molar-refractivity contribution in [3.8, 4) is 0 Å². The summed E-state index contributed by atoms with van der Waals surface area (Å²) in [4.78, 5) is 4.77. The number of fused-ring (bicyclic) bond motifs is 1. The maximum Gasteiger partial charge on any atom is 0.192 e. The summed E-state index contributed by atoms with van der Waals surface area (Å²) >= 11 is 0. The van der Waals surface area contributed by atoms with Crippen LogP contribution in [-0.4, -0.2) is 20.3 Å². The molecule has 0 bridgehead atoms. The molecule has 4 rings (SSSR count). The van der Waals surface area contributed by atoms with E-state index in [9.17, 15) is 5.11 Å². The highest BCUT2D eigenvalue weighted by atomic mass is 16.3. The zero-order valence-corrected chi connectivity index (χ0v) is 14.1. The second-order valence-corrected chi connectivity index (χ2v) is 6.53. The van der Waals surface area contributed by atoms with Gasteiger partial charge in [0.15, 0.2) is 11.4 Å². The molecule has 1 aromatic heterocycles. The third kappa shape index (κ3) is 2.94. The van der Waals surface area contributed by atoms with Crippen LogP contribution in [0.1, 0.15) is 47.6 Å². The van der Waals surface area contributed by atoms with Crippen LogP contribution in [0, 0.1) is 0 Å². The largest absolute Gasteiger partial charge is 0.373 e. The molecule has 126 valence electrons. The quantitative estimate of drug-likeness (QED) is 0.747. The number of hydrogen-bond donors (Lipinski definition) is 1. The monoisotopic (exact) mass is 331 g/mol. The van der Waals surface area contributed by atoms with Crippen molar-refractivity contribution in [3.05, 3.63) is 89.0 Å². The van der Waals surface area contributed by atoms with Crippen molar-refractivity contribution in [2.45, 2.75) is 37.7 Å². The highest BCUT2D eigenvalue weighted by Gasteiger charge is 2.37. The van der Waals surface area contributed by atoms with Crippen molar-refractivity contribution in [2.75, 3.05) is 0 Å². The lowest BCUT2D eigenvalue weighted by Crippen LogP contribution is -2.32. The first-order valence-corrected chi connectivity index (χ1v) is 8.85. The molecule has 1 heterocycles. The summed E-state index contributed by atoms with van der Waals surface area (Å²) in [5.74, 6) is 0.352. The highest BCUT2D eigenvalue weighted by Crippen LogP contribution is 2.34. The van der Waals surface area contributed by atoms with Gasteiger partial charge in [-0.2, -0.15) is 5.10 Å². The van der Waals surface area contributed by atoms with E-state index in [0.29, 0.717) is 5.82 Å².